The van der Waals surface area contributed by atoms with Crippen LogP contribution in [0.15, 0.2) is 431 Å². The maximum Gasteiger partial charge on any atom is -0.00204 e. The van der Waals surface area contributed by atoms with E-state index < -0.39 is 0 Å². The van der Waals surface area contributed by atoms with Gasteiger partial charge in [-0.05, 0) is 245 Å². The largest absolute Gasteiger partial charge is 0.0836 e. The number of hydrogen-bond donors (Lipinski definition) is 0. The molecule has 0 bridgehead atoms. The summed E-state index contributed by atoms with van der Waals surface area (Å²) in [7, 11) is 0. The summed E-state index contributed by atoms with van der Waals surface area (Å²) in [4.78, 5) is 0. The van der Waals surface area contributed by atoms with Crippen LogP contribution in [0.25, 0.3) is 222 Å². The number of aryl methyl sites for hydroxylation is 1. The van der Waals surface area contributed by atoms with Crippen molar-refractivity contribution in [3.05, 3.63) is 442 Å². The van der Waals surface area contributed by atoms with Gasteiger partial charge in [-0.25, -0.2) is 0 Å². The van der Waals surface area contributed by atoms with Gasteiger partial charge >= 0.3 is 0 Å². The zero-order valence-corrected chi connectivity index (χ0v) is 64.0. The van der Waals surface area contributed by atoms with Gasteiger partial charge < -0.3 is 0 Å². The standard InChI is InChI=1S/C26H16.C22H16.C20H12.C18H12.C16H10.C14H10/c1-3-7-19-17(5-1)9-11-23-21(19)13-15-26-24-12-10-18-6-2-4-8-20(18)22(24)14-16-25(23)26;1-3-7-17-15(5-1)9-11-21-19(17)13-14-20-18-8-4-2-6-16(18)10-12-22(20)21;1-2-7-17-15(4-1)12-16-9-8-13-5-3-6-14-10-11-18(17)20(16)19(13)14;1-3-7-15-13(5-1)9-11-18-16-8-4-2-6-14(16)10-12-17(15)18;1-3-11-7-9-13-5-2-6-14-10-8-12(4-1)15(11)16(13)14;1-3-7-13-11(5-1)9-10-12-6-2-4-8-14(12)13/h1-16H;1,3-5,7-14H,2,6H2;1-12H;1-12H;1-10H;1-10H. The summed E-state index contributed by atoms with van der Waals surface area (Å²) >= 11 is 0. The molecule has 0 spiro atoms. The van der Waals surface area contributed by atoms with Crippen LogP contribution in [0.4, 0.5) is 0 Å². The van der Waals surface area contributed by atoms with Crippen molar-refractivity contribution in [3.63, 3.8) is 0 Å². The summed E-state index contributed by atoms with van der Waals surface area (Å²) in [5.41, 5.74) is 2.90. The maximum absolute atomic E-state index is 2.32. The van der Waals surface area contributed by atoms with E-state index in [9.17, 15) is 0 Å². The first-order valence-electron chi connectivity index (χ1n) is 40.6. The quantitative estimate of drug-likeness (QED) is 0.105. The van der Waals surface area contributed by atoms with Crippen molar-refractivity contribution < 1.29 is 0 Å². The topological polar surface area (TPSA) is 0 Å². The van der Waals surface area contributed by atoms with Gasteiger partial charge in [-0.3, -0.25) is 0 Å². The third-order valence-corrected chi connectivity index (χ3v) is 24.6. The Kier molecular flexibility index (Phi) is 16.9. The van der Waals surface area contributed by atoms with Crippen molar-refractivity contribution in [3.8, 4) is 0 Å². The number of hydrogen-bond acceptors (Lipinski definition) is 0. The molecule has 0 unspecified atom stereocenters. The van der Waals surface area contributed by atoms with Crippen molar-refractivity contribution in [2.45, 2.75) is 12.8 Å². The Morgan fingerprint density at radius 1 is 0.129 bits per heavy atom. The second-order valence-corrected chi connectivity index (χ2v) is 31.0. The van der Waals surface area contributed by atoms with E-state index in [1.807, 2.05) is 0 Å². The molecule has 0 fully saturated rings. The van der Waals surface area contributed by atoms with Gasteiger partial charge in [0.1, 0.15) is 0 Å². The molecule has 0 radical (unpaired) electrons. The molecule has 26 aromatic carbocycles. The van der Waals surface area contributed by atoms with E-state index in [0.717, 1.165) is 12.8 Å². The average Bonchev–Trinajstić information content (AvgIpc) is 0.772. The first-order valence-corrected chi connectivity index (χ1v) is 40.6. The molecule has 540 valence electrons. The molecule has 0 atom stereocenters. The van der Waals surface area contributed by atoms with Crippen LogP contribution < -0.4 is 0 Å². The molecule has 0 amide bonds. The third-order valence-electron chi connectivity index (χ3n) is 24.6. The normalized spacial score (nSPS) is 12.0. The summed E-state index contributed by atoms with van der Waals surface area (Å²) < 4.78 is 0. The highest BCUT2D eigenvalue weighted by atomic mass is 14.2. The number of benzene rings is 26. The molecule has 1 aliphatic rings. The fraction of sp³-hybridized carbons (Fsp3) is 0.0172. The molecule has 26 aromatic rings. The van der Waals surface area contributed by atoms with Gasteiger partial charge in [-0.15, -0.1) is 0 Å². The smallest absolute Gasteiger partial charge is 0.00204 e. The van der Waals surface area contributed by atoms with Gasteiger partial charge in [-0.2, -0.15) is 0 Å². The monoisotopic (exact) mass is 1470 g/mol. The molecule has 1 aliphatic carbocycles. The Bertz CT molecular complexity index is 8020. The molecule has 27 rings (SSSR count). The van der Waals surface area contributed by atoms with E-state index in [1.54, 1.807) is 0 Å². The van der Waals surface area contributed by atoms with E-state index in [1.165, 1.54) is 227 Å². The Balaban J connectivity index is 0.0000000853. The van der Waals surface area contributed by atoms with Crippen molar-refractivity contribution in [2.24, 2.45) is 0 Å². The SMILES string of the molecule is C1=Cc2c(ccc3c2ccc2c4ccccc4ccc32)CC1.c1cc2ccc3cccc4ccc(c1)c2c34.c1ccc2c(c1)cc1ccc3cccc4ccc2c1c34.c1ccc2c(c1)ccc1c2ccc2c3ccc4ccccc4c3ccc12.c1ccc2c(c1)ccc1c3ccccc3ccc21.c1ccc2c(c1)ccc1ccccc12. The molecule has 116 heavy (non-hydrogen) atoms. The summed E-state index contributed by atoms with van der Waals surface area (Å²) in [6.07, 6.45) is 6.93. The second-order valence-electron chi connectivity index (χ2n) is 31.0. The fourth-order valence-electron chi connectivity index (χ4n) is 19.1. The lowest BCUT2D eigenvalue weighted by Crippen LogP contribution is -1.95. The minimum atomic E-state index is 1.16. The van der Waals surface area contributed by atoms with Crippen molar-refractivity contribution in [1.29, 1.82) is 0 Å². The van der Waals surface area contributed by atoms with Gasteiger partial charge in [-0.1, -0.05) is 431 Å². The average molecular weight is 1470 g/mol. The molecule has 0 N–H and O–H groups in total. The Morgan fingerprint density at radius 3 is 0.681 bits per heavy atom. The van der Waals surface area contributed by atoms with Crippen molar-refractivity contribution >= 4 is 222 Å². The fourth-order valence-corrected chi connectivity index (χ4v) is 19.1. The van der Waals surface area contributed by atoms with Gasteiger partial charge in [0.05, 0.1) is 0 Å². The molecule has 0 heterocycles. The Morgan fingerprint density at radius 2 is 0.336 bits per heavy atom. The molecule has 0 aliphatic heterocycles. The van der Waals surface area contributed by atoms with Gasteiger partial charge in [0.25, 0.3) is 0 Å². The van der Waals surface area contributed by atoms with Crippen molar-refractivity contribution in [2.75, 3.05) is 0 Å². The highest BCUT2D eigenvalue weighted by Crippen LogP contribution is 2.43. The molecular formula is C116H76. The van der Waals surface area contributed by atoms with Crippen LogP contribution in [0.1, 0.15) is 17.5 Å². The van der Waals surface area contributed by atoms with Crippen LogP contribution in [0.2, 0.25) is 0 Å². The van der Waals surface area contributed by atoms with E-state index in [4.69, 9.17) is 0 Å². The summed E-state index contributed by atoms with van der Waals surface area (Å²) in [5.74, 6) is 0. The summed E-state index contributed by atoms with van der Waals surface area (Å²) in [5, 5.41) is 53.6. The van der Waals surface area contributed by atoms with E-state index in [-0.39, 0.29) is 0 Å². The van der Waals surface area contributed by atoms with Crippen LogP contribution in [0, 0.1) is 0 Å². The third kappa shape index (κ3) is 11.8. The van der Waals surface area contributed by atoms with E-state index >= 15 is 0 Å². The zero-order valence-electron chi connectivity index (χ0n) is 64.0. The Labute approximate surface area is 671 Å². The number of rotatable bonds is 0. The molecule has 0 heteroatoms. The predicted octanol–water partition coefficient (Wildman–Crippen LogP) is 33.0. The zero-order chi connectivity index (χ0) is 76.6. The van der Waals surface area contributed by atoms with E-state index in [0.29, 0.717) is 0 Å². The highest BCUT2D eigenvalue weighted by molar-refractivity contribution is 6.30. The van der Waals surface area contributed by atoms with Crippen molar-refractivity contribution in [1.82, 2.24) is 0 Å². The highest BCUT2D eigenvalue weighted by Gasteiger charge is 2.16. The van der Waals surface area contributed by atoms with Crippen LogP contribution in [-0.4, -0.2) is 0 Å². The van der Waals surface area contributed by atoms with Gasteiger partial charge in [0, 0.05) is 0 Å². The molecule has 0 nitrogen and oxygen atoms in total. The molecule has 0 saturated carbocycles. The predicted molar refractivity (Wildman–Crippen MR) is 508 cm³/mol. The van der Waals surface area contributed by atoms with Gasteiger partial charge in [0.15, 0.2) is 0 Å². The lowest BCUT2D eigenvalue weighted by Gasteiger charge is -2.15. The summed E-state index contributed by atoms with van der Waals surface area (Å²) in [6.45, 7) is 0. The van der Waals surface area contributed by atoms with Crippen LogP contribution >= 0.6 is 0 Å². The number of allylic oxidation sites excluding steroid dienone is 1. The maximum atomic E-state index is 2.32. The first-order chi connectivity index (χ1) is 57.5. The minimum Gasteiger partial charge on any atom is -0.0836 e. The lowest BCUT2D eigenvalue weighted by molar-refractivity contribution is 0.990. The first kappa shape index (κ1) is 68.0. The summed E-state index contributed by atoms with van der Waals surface area (Å²) in [6, 6.07) is 154. The molecular weight excluding hydrogens is 1390 g/mol. The van der Waals surface area contributed by atoms with Crippen LogP contribution in [0.3, 0.4) is 0 Å². The van der Waals surface area contributed by atoms with E-state index in [2.05, 4.69) is 437 Å². The van der Waals surface area contributed by atoms with Gasteiger partial charge in [0.2, 0.25) is 0 Å². The van der Waals surface area contributed by atoms with Crippen LogP contribution in [-0.2, 0) is 6.42 Å². The minimum absolute atomic E-state index is 1.16. The number of fused-ring (bicyclic) bond motifs is 26. The lowest BCUT2D eigenvalue weighted by atomic mass is 9.89. The Hall–Kier alpha value is -14.8. The van der Waals surface area contributed by atoms with Crippen LogP contribution in [0.5, 0.6) is 0 Å². The molecule has 0 saturated heterocycles. The second kappa shape index (κ2) is 28.7. The molecule has 0 aromatic heterocycles.